The summed E-state index contributed by atoms with van der Waals surface area (Å²) in [7, 11) is 0. The van der Waals surface area contributed by atoms with Crippen molar-refractivity contribution in [2.24, 2.45) is 5.73 Å². The van der Waals surface area contributed by atoms with E-state index >= 15 is 0 Å². The molecule has 0 saturated carbocycles. The molecule has 5 nitrogen and oxygen atoms in total. The second kappa shape index (κ2) is 5.24. The standard InChI is InChI=1S/C16H12ClN3O2/c1-8-5-12-14(16(21)20-8)13(11(7-18)15(19)22-12)9-3-2-4-10(17)6-9/h2-6,13H,19H2,1H3,(H,20,21)/t13-/m1/s1. The Hall–Kier alpha value is -2.71. The number of hydrogen-bond acceptors (Lipinski definition) is 4. The number of hydrogen-bond donors (Lipinski definition) is 2. The van der Waals surface area contributed by atoms with Crippen molar-refractivity contribution in [3.05, 3.63) is 74.0 Å². The number of benzene rings is 1. The summed E-state index contributed by atoms with van der Waals surface area (Å²) < 4.78 is 5.46. The minimum Gasteiger partial charge on any atom is -0.440 e. The molecule has 1 aromatic heterocycles. The maximum absolute atomic E-state index is 12.4. The fourth-order valence-corrected chi connectivity index (χ4v) is 2.82. The third-order valence-electron chi connectivity index (χ3n) is 3.53. The summed E-state index contributed by atoms with van der Waals surface area (Å²) in [6.07, 6.45) is 0. The monoisotopic (exact) mass is 313 g/mol. The highest BCUT2D eigenvalue weighted by atomic mass is 35.5. The highest BCUT2D eigenvalue weighted by Gasteiger charge is 2.33. The minimum atomic E-state index is -0.600. The molecule has 0 spiro atoms. The number of aromatic nitrogens is 1. The van der Waals surface area contributed by atoms with Gasteiger partial charge in [-0.05, 0) is 24.6 Å². The van der Waals surface area contributed by atoms with E-state index in [9.17, 15) is 10.1 Å². The maximum atomic E-state index is 12.4. The van der Waals surface area contributed by atoms with E-state index in [2.05, 4.69) is 4.98 Å². The highest BCUT2D eigenvalue weighted by Crippen LogP contribution is 2.40. The first-order valence-electron chi connectivity index (χ1n) is 6.58. The average Bonchev–Trinajstić information content (AvgIpc) is 2.45. The van der Waals surface area contributed by atoms with Gasteiger partial charge < -0.3 is 15.5 Å². The molecule has 0 radical (unpaired) electrons. The SMILES string of the molecule is Cc1cc2c(c(=O)[nH]1)[C@H](c1cccc(Cl)c1)C(C#N)=C(N)O2. The van der Waals surface area contributed by atoms with Crippen LogP contribution in [0.25, 0.3) is 0 Å². The van der Waals surface area contributed by atoms with Gasteiger partial charge >= 0.3 is 0 Å². The van der Waals surface area contributed by atoms with Crippen LogP contribution in [0.4, 0.5) is 0 Å². The number of aryl methyl sites for hydroxylation is 1. The molecule has 0 unspecified atom stereocenters. The van der Waals surface area contributed by atoms with E-state index in [0.29, 0.717) is 27.6 Å². The second-order valence-corrected chi connectivity index (χ2v) is 5.48. The molecule has 1 aliphatic rings. The number of allylic oxidation sites excluding steroid dienone is 1. The molecule has 1 aliphatic heterocycles. The Morgan fingerprint density at radius 3 is 2.86 bits per heavy atom. The largest absolute Gasteiger partial charge is 0.440 e. The Labute approximate surface area is 131 Å². The number of nitrogens with one attached hydrogen (secondary N) is 1. The molecule has 1 aromatic carbocycles. The summed E-state index contributed by atoms with van der Waals surface area (Å²) >= 11 is 6.04. The van der Waals surface area contributed by atoms with E-state index in [4.69, 9.17) is 22.1 Å². The molecule has 1 atom stereocenters. The number of rotatable bonds is 1. The lowest BCUT2D eigenvalue weighted by Crippen LogP contribution is -2.28. The Morgan fingerprint density at radius 1 is 1.41 bits per heavy atom. The van der Waals surface area contributed by atoms with Crippen molar-refractivity contribution in [1.29, 1.82) is 5.26 Å². The summed E-state index contributed by atoms with van der Waals surface area (Å²) in [4.78, 5) is 15.1. The van der Waals surface area contributed by atoms with Crippen LogP contribution in [0.1, 0.15) is 22.7 Å². The summed E-state index contributed by atoms with van der Waals surface area (Å²) in [5.74, 6) is -0.232. The van der Waals surface area contributed by atoms with Crippen molar-refractivity contribution in [1.82, 2.24) is 4.98 Å². The van der Waals surface area contributed by atoms with Crippen molar-refractivity contribution >= 4 is 11.6 Å². The summed E-state index contributed by atoms with van der Waals surface area (Å²) in [6.45, 7) is 1.75. The van der Waals surface area contributed by atoms with Crippen LogP contribution in [-0.4, -0.2) is 4.98 Å². The molecular formula is C16H12ClN3O2. The first kappa shape index (κ1) is 14.2. The molecule has 3 N–H and O–H groups in total. The molecule has 6 heteroatoms. The number of aromatic amines is 1. The summed E-state index contributed by atoms with van der Waals surface area (Å²) in [5.41, 5.74) is 7.48. The lowest BCUT2D eigenvalue weighted by molar-refractivity contribution is 0.391. The Morgan fingerprint density at radius 2 is 2.18 bits per heavy atom. The van der Waals surface area contributed by atoms with Gasteiger partial charge in [0.15, 0.2) is 0 Å². The van der Waals surface area contributed by atoms with Gasteiger partial charge in [0, 0.05) is 16.8 Å². The molecule has 0 amide bonds. The van der Waals surface area contributed by atoms with Crippen molar-refractivity contribution in [3.8, 4) is 11.8 Å². The van der Waals surface area contributed by atoms with Crippen LogP contribution < -0.4 is 16.0 Å². The number of nitriles is 1. The zero-order valence-electron chi connectivity index (χ0n) is 11.7. The number of ether oxygens (including phenoxy) is 1. The van der Waals surface area contributed by atoms with Crippen LogP contribution in [0, 0.1) is 18.3 Å². The molecule has 3 rings (SSSR count). The van der Waals surface area contributed by atoms with E-state index in [0.717, 1.165) is 0 Å². The van der Waals surface area contributed by atoms with Gasteiger partial charge in [-0.15, -0.1) is 0 Å². The van der Waals surface area contributed by atoms with Crippen LogP contribution in [-0.2, 0) is 0 Å². The molecule has 22 heavy (non-hydrogen) atoms. The third kappa shape index (κ3) is 2.24. The summed E-state index contributed by atoms with van der Waals surface area (Å²) in [5, 5.41) is 9.94. The first-order valence-corrected chi connectivity index (χ1v) is 6.96. The van der Waals surface area contributed by atoms with Crippen molar-refractivity contribution in [2.45, 2.75) is 12.8 Å². The Bertz CT molecular complexity index is 893. The maximum Gasteiger partial charge on any atom is 0.256 e. The number of pyridine rings is 1. The van der Waals surface area contributed by atoms with Gasteiger partial charge in [0.25, 0.3) is 5.56 Å². The van der Waals surface area contributed by atoms with Gasteiger partial charge in [-0.25, -0.2) is 0 Å². The number of nitrogens with zero attached hydrogens (tertiary/aromatic N) is 1. The Balaban J connectivity index is 2.32. The van der Waals surface area contributed by atoms with Crippen LogP contribution >= 0.6 is 11.6 Å². The summed E-state index contributed by atoms with van der Waals surface area (Å²) in [6, 6.07) is 10.7. The minimum absolute atomic E-state index is 0.00461. The van der Waals surface area contributed by atoms with E-state index < -0.39 is 5.92 Å². The van der Waals surface area contributed by atoms with Gasteiger partial charge in [-0.2, -0.15) is 5.26 Å². The molecule has 0 fully saturated rings. The second-order valence-electron chi connectivity index (χ2n) is 5.04. The zero-order chi connectivity index (χ0) is 15.9. The molecule has 0 bridgehead atoms. The normalized spacial score (nSPS) is 16.7. The van der Waals surface area contributed by atoms with E-state index in [1.54, 1.807) is 37.3 Å². The zero-order valence-corrected chi connectivity index (χ0v) is 12.4. The van der Waals surface area contributed by atoms with Crippen LogP contribution in [0.3, 0.4) is 0 Å². The Kier molecular flexibility index (Phi) is 3.39. The quantitative estimate of drug-likeness (QED) is 0.846. The van der Waals surface area contributed by atoms with E-state index in [1.165, 1.54) is 0 Å². The fourth-order valence-electron chi connectivity index (χ4n) is 2.63. The number of halogens is 1. The van der Waals surface area contributed by atoms with Gasteiger partial charge in [0.05, 0.1) is 11.5 Å². The van der Waals surface area contributed by atoms with Crippen LogP contribution in [0.2, 0.25) is 5.02 Å². The average molecular weight is 314 g/mol. The highest BCUT2D eigenvalue weighted by molar-refractivity contribution is 6.30. The predicted molar refractivity (Wildman–Crippen MR) is 82.5 cm³/mol. The molecule has 110 valence electrons. The molecule has 2 heterocycles. The van der Waals surface area contributed by atoms with Crippen molar-refractivity contribution in [2.75, 3.05) is 0 Å². The number of fused-ring (bicyclic) bond motifs is 1. The first-order chi connectivity index (χ1) is 10.5. The van der Waals surface area contributed by atoms with Crippen molar-refractivity contribution in [3.63, 3.8) is 0 Å². The smallest absolute Gasteiger partial charge is 0.256 e. The predicted octanol–water partition coefficient (Wildman–Crippen LogP) is 2.55. The molecule has 0 saturated heterocycles. The topological polar surface area (TPSA) is 91.9 Å². The van der Waals surface area contributed by atoms with Crippen LogP contribution in [0.5, 0.6) is 5.75 Å². The van der Waals surface area contributed by atoms with Gasteiger partial charge in [-0.3, -0.25) is 4.79 Å². The fraction of sp³-hybridized carbons (Fsp3) is 0.125. The van der Waals surface area contributed by atoms with E-state index in [-0.39, 0.29) is 17.0 Å². The third-order valence-corrected chi connectivity index (χ3v) is 3.77. The van der Waals surface area contributed by atoms with Gasteiger partial charge in [-0.1, -0.05) is 23.7 Å². The van der Waals surface area contributed by atoms with E-state index in [1.807, 2.05) is 6.07 Å². The molecule has 0 aliphatic carbocycles. The lowest BCUT2D eigenvalue weighted by Gasteiger charge is -2.25. The number of nitrogens with two attached hydrogens (primary N) is 1. The van der Waals surface area contributed by atoms with Gasteiger partial charge in [0.1, 0.15) is 17.4 Å². The van der Waals surface area contributed by atoms with Crippen molar-refractivity contribution < 1.29 is 4.74 Å². The lowest BCUT2D eigenvalue weighted by atomic mass is 9.84. The molecular weight excluding hydrogens is 302 g/mol. The number of H-pyrrole nitrogens is 1. The van der Waals surface area contributed by atoms with Crippen LogP contribution in [0.15, 0.2) is 46.6 Å². The molecule has 2 aromatic rings. The van der Waals surface area contributed by atoms with Gasteiger partial charge in [0.2, 0.25) is 5.88 Å².